The van der Waals surface area contributed by atoms with Gasteiger partial charge >= 0.3 is 0 Å². The van der Waals surface area contributed by atoms with E-state index in [1.807, 2.05) is 0 Å². The largest absolute Gasteiger partial charge is 0.376 e. The van der Waals surface area contributed by atoms with Gasteiger partial charge in [-0.15, -0.1) is 0 Å². The van der Waals surface area contributed by atoms with E-state index in [0.717, 1.165) is 6.61 Å². The summed E-state index contributed by atoms with van der Waals surface area (Å²) in [5.74, 6) is 0.694. The zero-order valence-electron chi connectivity index (χ0n) is 7.90. The van der Waals surface area contributed by atoms with Gasteiger partial charge in [0.25, 0.3) is 0 Å². The van der Waals surface area contributed by atoms with Gasteiger partial charge in [0.1, 0.15) is 0 Å². The molecule has 0 aliphatic heterocycles. The van der Waals surface area contributed by atoms with Crippen molar-refractivity contribution in [1.29, 1.82) is 0 Å². The van der Waals surface area contributed by atoms with Crippen LogP contribution in [0.3, 0.4) is 0 Å². The summed E-state index contributed by atoms with van der Waals surface area (Å²) < 4.78 is 5.58. The lowest BCUT2D eigenvalue weighted by Gasteiger charge is -2.21. The van der Waals surface area contributed by atoms with Gasteiger partial charge in [-0.2, -0.15) is 0 Å². The van der Waals surface area contributed by atoms with Crippen molar-refractivity contribution in [3.63, 3.8) is 0 Å². The van der Waals surface area contributed by atoms with E-state index in [-0.39, 0.29) is 5.60 Å². The standard InChI is InChI=1S/C9H20O/c1-6-8(2)7-10-9(3,4)5/h8H,6-7H2,1-5H3. The van der Waals surface area contributed by atoms with Crippen LogP contribution in [0, 0.1) is 5.92 Å². The van der Waals surface area contributed by atoms with Gasteiger partial charge in [0.05, 0.1) is 5.60 Å². The average Bonchev–Trinajstić information content (AvgIpc) is 1.81. The highest BCUT2D eigenvalue weighted by Crippen LogP contribution is 2.10. The second-order valence-corrected chi connectivity index (χ2v) is 3.94. The molecule has 0 amide bonds. The second-order valence-electron chi connectivity index (χ2n) is 3.94. The minimum absolute atomic E-state index is 0.0312. The molecule has 0 spiro atoms. The smallest absolute Gasteiger partial charge is 0.0598 e. The molecule has 62 valence electrons. The van der Waals surface area contributed by atoms with Crippen LogP contribution in [-0.4, -0.2) is 12.2 Å². The maximum absolute atomic E-state index is 5.58. The average molecular weight is 144 g/mol. The van der Waals surface area contributed by atoms with Crippen molar-refractivity contribution in [2.24, 2.45) is 5.92 Å². The van der Waals surface area contributed by atoms with Gasteiger partial charge in [0.15, 0.2) is 0 Å². The zero-order valence-corrected chi connectivity index (χ0v) is 7.90. The summed E-state index contributed by atoms with van der Waals surface area (Å²) in [6.45, 7) is 11.6. The monoisotopic (exact) mass is 144 g/mol. The summed E-state index contributed by atoms with van der Waals surface area (Å²) in [4.78, 5) is 0. The lowest BCUT2D eigenvalue weighted by atomic mass is 10.1. The van der Waals surface area contributed by atoms with E-state index in [2.05, 4.69) is 34.6 Å². The molecular formula is C9H20O. The van der Waals surface area contributed by atoms with Crippen LogP contribution in [0.5, 0.6) is 0 Å². The highest BCUT2D eigenvalue weighted by atomic mass is 16.5. The maximum atomic E-state index is 5.58. The Morgan fingerprint density at radius 2 is 1.80 bits per heavy atom. The topological polar surface area (TPSA) is 9.23 Å². The Bertz CT molecular complexity index is 81.2. The van der Waals surface area contributed by atoms with Crippen molar-refractivity contribution in [2.75, 3.05) is 6.61 Å². The fraction of sp³-hybridized carbons (Fsp3) is 1.00. The van der Waals surface area contributed by atoms with Crippen LogP contribution < -0.4 is 0 Å². The molecule has 1 unspecified atom stereocenters. The minimum atomic E-state index is 0.0312. The molecule has 0 heterocycles. The quantitative estimate of drug-likeness (QED) is 0.592. The summed E-state index contributed by atoms with van der Waals surface area (Å²) >= 11 is 0. The number of hydrogen-bond donors (Lipinski definition) is 0. The third kappa shape index (κ3) is 6.09. The molecule has 1 nitrogen and oxygen atoms in total. The molecule has 0 bridgehead atoms. The normalized spacial score (nSPS) is 15.3. The van der Waals surface area contributed by atoms with E-state index in [0.29, 0.717) is 5.92 Å². The molecule has 0 radical (unpaired) electrons. The number of rotatable bonds is 3. The Hall–Kier alpha value is -0.0400. The first-order chi connectivity index (χ1) is 4.45. The van der Waals surface area contributed by atoms with Gasteiger partial charge in [0, 0.05) is 6.61 Å². The van der Waals surface area contributed by atoms with E-state index in [1.165, 1.54) is 6.42 Å². The molecular weight excluding hydrogens is 124 g/mol. The summed E-state index contributed by atoms with van der Waals surface area (Å²) in [5, 5.41) is 0. The first-order valence-electron chi connectivity index (χ1n) is 4.09. The van der Waals surface area contributed by atoms with Crippen LogP contribution in [-0.2, 0) is 4.74 Å². The van der Waals surface area contributed by atoms with Crippen molar-refractivity contribution in [3.8, 4) is 0 Å². The molecule has 1 atom stereocenters. The molecule has 0 saturated carbocycles. The van der Waals surface area contributed by atoms with Crippen LogP contribution in [0.4, 0.5) is 0 Å². The molecule has 10 heavy (non-hydrogen) atoms. The van der Waals surface area contributed by atoms with Crippen LogP contribution in [0.1, 0.15) is 41.0 Å². The van der Waals surface area contributed by atoms with Gasteiger partial charge in [0.2, 0.25) is 0 Å². The summed E-state index contributed by atoms with van der Waals surface area (Å²) in [6, 6.07) is 0. The van der Waals surface area contributed by atoms with Crippen LogP contribution in [0.15, 0.2) is 0 Å². The first-order valence-corrected chi connectivity index (χ1v) is 4.09. The summed E-state index contributed by atoms with van der Waals surface area (Å²) in [5.41, 5.74) is 0.0312. The molecule has 0 fully saturated rings. The fourth-order valence-corrected chi connectivity index (χ4v) is 0.510. The third-order valence-electron chi connectivity index (χ3n) is 1.50. The lowest BCUT2D eigenvalue weighted by Crippen LogP contribution is -2.22. The van der Waals surface area contributed by atoms with Crippen LogP contribution in [0.2, 0.25) is 0 Å². The van der Waals surface area contributed by atoms with Crippen LogP contribution >= 0.6 is 0 Å². The highest BCUT2D eigenvalue weighted by molar-refractivity contribution is 4.59. The fourth-order valence-electron chi connectivity index (χ4n) is 0.510. The molecule has 0 aliphatic rings. The van der Waals surface area contributed by atoms with Crippen LogP contribution in [0.25, 0.3) is 0 Å². The lowest BCUT2D eigenvalue weighted by molar-refractivity contribution is -0.0198. The first kappa shape index (κ1) is 9.96. The van der Waals surface area contributed by atoms with E-state index in [9.17, 15) is 0 Å². The van der Waals surface area contributed by atoms with Crippen molar-refractivity contribution < 1.29 is 4.74 Å². The maximum Gasteiger partial charge on any atom is 0.0598 e. The molecule has 0 aromatic carbocycles. The van der Waals surface area contributed by atoms with Gasteiger partial charge in [-0.3, -0.25) is 0 Å². The molecule has 0 aromatic heterocycles. The molecule has 0 aromatic rings. The Morgan fingerprint density at radius 1 is 1.30 bits per heavy atom. The number of hydrogen-bond acceptors (Lipinski definition) is 1. The zero-order chi connectivity index (χ0) is 8.20. The third-order valence-corrected chi connectivity index (χ3v) is 1.50. The Morgan fingerprint density at radius 3 is 2.10 bits per heavy atom. The van der Waals surface area contributed by atoms with Gasteiger partial charge in [-0.25, -0.2) is 0 Å². The highest BCUT2D eigenvalue weighted by Gasteiger charge is 2.10. The Kier molecular flexibility index (Phi) is 3.95. The van der Waals surface area contributed by atoms with Gasteiger partial charge in [-0.1, -0.05) is 20.3 Å². The minimum Gasteiger partial charge on any atom is -0.376 e. The van der Waals surface area contributed by atoms with Crippen molar-refractivity contribution in [3.05, 3.63) is 0 Å². The molecule has 0 rings (SSSR count). The predicted molar refractivity (Wildman–Crippen MR) is 45.2 cm³/mol. The molecule has 0 saturated heterocycles. The number of ether oxygens (including phenoxy) is 1. The van der Waals surface area contributed by atoms with Crippen molar-refractivity contribution in [1.82, 2.24) is 0 Å². The van der Waals surface area contributed by atoms with Gasteiger partial charge in [-0.05, 0) is 26.7 Å². The van der Waals surface area contributed by atoms with E-state index < -0.39 is 0 Å². The van der Waals surface area contributed by atoms with Crippen molar-refractivity contribution >= 4 is 0 Å². The van der Waals surface area contributed by atoms with E-state index in [4.69, 9.17) is 4.74 Å². The van der Waals surface area contributed by atoms with Crippen molar-refractivity contribution in [2.45, 2.75) is 46.6 Å². The second kappa shape index (κ2) is 3.97. The predicted octanol–water partition coefficient (Wildman–Crippen LogP) is 2.85. The van der Waals surface area contributed by atoms with E-state index in [1.54, 1.807) is 0 Å². The summed E-state index contributed by atoms with van der Waals surface area (Å²) in [7, 11) is 0. The van der Waals surface area contributed by atoms with Gasteiger partial charge < -0.3 is 4.74 Å². The molecule has 0 aliphatic carbocycles. The Labute approximate surface area is 64.8 Å². The van der Waals surface area contributed by atoms with E-state index >= 15 is 0 Å². The SMILES string of the molecule is CCC(C)COC(C)(C)C. The Balaban J connectivity index is 3.36. The summed E-state index contributed by atoms with van der Waals surface area (Å²) in [6.07, 6.45) is 1.20. The molecule has 1 heteroatoms. The molecule has 0 N–H and O–H groups in total.